The second kappa shape index (κ2) is 23.0. The van der Waals surface area contributed by atoms with Crippen LogP contribution in [0.1, 0.15) is 113 Å². The maximum Gasteiger partial charge on any atom is 4.00 e. The predicted octanol–water partition coefficient (Wildman–Crippen LogP) is 7.82. The van der Waals surface area contributed by atoms with E-state index < -0.39 is 0 Å². The van der Waals surface area contributed by atoms with E-state index in [1.165, 1.54) is 85.4 Å². The smallest absolute Gasteiger partial charge is 1.00 e. The van der Waals surface area contributed by atoms with Crippen LogP contribution in [-0.2, 0) is 21.7 Å². The van der Waals surface area contributed by atoms with Crippen molar-refractivity contribution in [1.82, 2.24) is 0 Å². The first-order chi connectivity index (χ1) is 23.2. The molecule has 1 fully saturated rings. The zero-order valence-electron chi connectivity index (χ0n) is 30.6. The predicted molar refractivity (Wildman–Crippen MR) is 209 cm³/mol. The van der Waals surface area contributed by atoms with Gasteiger partial charge in [0.2, 0.25) is 0 Å². The molecule has 0 N–H and O–H groups in total. The van der Waals surface area contributed by atoms with Crippen LogP contribution in [0.3, 0.4) is 0 Å². The molecular weight excluding hydrogens is 788 g/mol. The Labute approximate surface area is 343 Å². The molecular formula is C46H54Br2SiTi. The number of rotatable bonds is 9. The van der Waals surface area contributed by atoms with Crippen molar-refractivity contribution in [1.29, 1.82) is 0 Å². The van der Waals surface area contributed by atoms with Crippen molar-refractivity contribution >= 4 is 21.7 Å². The third-order valence-corrected chi connectivity index (χ3v) is 11.3. The number of hydrogen-bond donors (Lipinski definition) is 0. The Morgan fingerprint density at radius 2 is 1.02 bits per heavy atom. The molecule has 50 heavy (non-hydrogen) atoms. The van der Waals surface area contributed by atoms with E-state index in [1.807, 2.05) is 0 Å². The zero-order valence-corrected chi connectivity index (χ0v) is 36.3. The zero-order chi connectivity index (χ0) is 33.0. The van der Waals surface area contributed by atoms with Gasteiger partial charge in [-0.1, -0.05) is 197 Å². The van der Waals surface area contributed by atoms with E-state index in [4.69, 9.17) is 0 Å². The van der Waals surface area contributed by atoms with Crippen LogP contribution in [0.4, 0.5) is 0 Å². The largest absolute Gasteiger partial charge is 4.00 e. The summed E-state index contributed by atoms with van der Waals surface area (Å²) >= 11 is 0. The van der Waals surface area contributed by atoms with Crippen molar-refractivity contribution in [2.45, 2.75) is 103 Å². The Bertz CT molecular complexity index is 1500. The molecule has 1 heterocycles. The molecule has 4 aromatic rings. The summed E-state index contributed by atoms with van der Waals surface area (Å²) in [4.78, 5) is 0. The number of hydrogen-bond acceptors (Lipinski definition) is 0. The van der Waals surface area contributed by atoms with Crippen molar-refractivity contribution in [3.63, 3.8) is 0 Å². The summed E-state index contributed by atoms with van der Waals surface area (Å²) in [6.07, 6.45) is 14.8. The molecule has 0 aromatic heterocycles. The monoisotopic (exact) mass is 840 g/mol. The Balaban J connectivity index is 0.000000639. The summed E-state index contributed by atoms with van der Waals surface area (Å²) in [7, 11) is 1.31. The van der Waals surface area contributed by atoms with Crippen molar-refractivity contribution in [2.75, 3.05) is 0 Å². The molecule has 7 rings (SSSR count). The summed E-state index contributed by atoms with van der Waals surface area (Å²) in [5.74, 6) is 2.44. The van der Waals surface area contributed by atoms with Gasteiger partial charge in [-0.2, -0.15) is 12.8 Å². The van der Waals surface area contributed by atoms with E-state index in [0.29, 0.717) is 11.8 Å². The van der Waals surface area contributed by atoms with Gasteiger partial charge in [0.25, 0.3) is 0 Å². The van der Waals surface area contributed by atoms with Crippen LogP contribution in [0.5, 0.6) is 0 Å². The van der Waals surface area contributed by atoms with Crippen LogP contribution >= 0.6 is 0 Å². The standard InChI is InChI=1S/C38H37.C4H8Si.C4H9.2BrH.Ti/c1-4-15-34(37-26(5-2)24-35-30(20-13-22-32(35)37)28-16-9-7-10-17-28)38-27(6-3)25-36-31(21-14-23-33(36)38)29-18-11-8-12-19-29;1-2-4-5-3-1;1-3-4-2;;;/h7-14,16-25,37-38H,4-6,15H2,1-3H3;1-4H2;1,3-4H2,2H3;2*1H;/q-1;;-1;;;+4/p-2. The molecule has 3 aliphatic rings. The molecule has 260 valence electrons. The summed E-state index contributed by atoms with van der Waals surface area (Å²) in [6, 6.07) is 38.8. The average Bonchev–Trinajstić information content (AvgIpc) is 3.91. The van der Waals surface area contributed by atoms with Gasteiger partial charge in [0.15, 0.2) is 0 Å². The third-order valence-electron chi connectivity index (χ3n) is 9.88. The molecule has 1 saturated heterocycles. The molecule has 0 amide bonds. The first kappa shape index (κ1) is 44.4. The quantitative estimate of drug-likeness (QED) is 0.119. The number of fused-ring (bicyclic) bond motifs is 2. The molecule has 2 unspecified atom stereocenters. The van der Waals surface area contributed by atoms with Gasteiger partial charge < -0.3 is 40.9 Å². The van der Waals surface area contributed by atoms with E-state index >= 15 is 0 Å². The maximum atomic E-state index is 3.60. The molecule has 2 atom stereocenters. The van der Waals surface area contributed by atoms with E-state index in [9.17, 15) is 0 Å². The first-order valence-electron chi connectivity index (χ1n) is 18.3. The molecule has 2 radical (unpaired) electrons. The summed E-state index contributed by atoms with van der Waals surface area (Å²) in [5, 5.41) is 0. The fraction of sp³-hybridized carbons (Fsp3) is 0.348. The Morgan fingerprint density at radius 3 is 1.34 bits per heavy atom. The normalized spacial score (nSPS) is 16.5. The first-order valence-corrected chi connectivity index (χ1v) is 19.7. The SMILES string of the molecule is C1CC[Si]C1.CCC[C-](C1C(CC)=Cc2c(-c3ccccc3)cccc21)C1C(CC)=Cc2c(-c3ccccc3)cccc21.[Br-].[Br-].[CH2-]CCC.[Ti+4]. The van der Waals surface area contributed by atoms with Crippen LogP contribution in [0, 0.1) is 12.8 Å². The molecule has 0 spiro atoms. The van der Waals surface area contributed by atoms with E-state index in [-0.39, 0.29) is 55.7 Å². The summed E-state index contributed by atoms with van der Waals surface area (Å²) in [6.45, 7) is 12.7. The minimum atomic E-state index is 0. The Morgan fingerprint density at radius 1 is 0.600 bits per heavy atom. The van der Waals surface area contributed by atoms with Gasteiger partial charge in [-0.15, -0.1) is 11.8 Å². The Hall–Kier alpha value is -1.75. The molecule has 0 saturated carbocycles. The second-order valence-corrected chi connectivity index (χ2v) is 14.5. The number of allylic oxidation sites excluding steroid dienone is 2. The van der Waals surface area contributed by atoms with Gasteiger partial charge in [0.05, 0.1) is 0 Å². The molecule has 1 aliphatic heterocycles. The minimum absolute atomic E-state index is 0. The second-order valence-electron chi connectivity index (χ2n) is 13.0. The number of halogens is 2. The fourth-order valence-electron chi connectivity index (χ4n) is 7.52. The number of benzene rings is 4. The summed E-state index contributed by atoms with van der Waals surface area (Å²) < 4.78 is 0. The molecule has 0 nitrogen and oxygen atoms in total. The maximum absolute atomic E-state index is 3.60. The van der Waals surface area contributed by atoms with Crippen LogP contribution in [0.2, 0.25) is 12.1 Å². The molecule has 4 aromatic carbocycles. The molecule has 4 heteroatoms. The molecule has 2 aliphatic carbocycles. The van der Waals surface area contributed by atoms with Crippen LogP contribution < -0.4 is 34.0 Å². The Kier molecular flexibility index (Phi) is 20.5. The minimum Gasteiger partial charge on any atom is -1.00 e. The van der Waals surface area contributed by atoms with Crippen molar-refractivity contribution in [3.8, 4) is 22.3 Å². The van der Waals surface area contributed by atoms with E-state index in [0.717, 1.165) is 32.1 Å². The van der Waals surface area contributed by atoms with Crippen LogP contribution in [0.25, 0.3) is 34.4 Å². The van der Waals surface area contributed by atoms with Crippen LogP contribution in [0.15, 0.2) is 108 Å². The van der Waals surface area contributed by atoms with E-state index in [1.54, 1.807) is 17.1 Å². The fourth-order valence-corrected chi connectivity index (χ4v) is 8.77. The van der Waals surface area contributed by atoms with Crippen molar-refractivity contribution in [3.05, 3.63) is 143 Å². The molecule has 0 bridgehead atoms. The average molecular weight is 843 g/mol. The van der Waals surface area contributed by atoms with Crippen molar-refractivity contribution in [2.24, 2.45) is 0 Å². The van der Waals surface area contributed by atoms with Crippen LogP contribution in [-0.4, -0.2) is 9.52 Å². The summed E-state index contributed by atoms with van der Waals surface area (Å²) in [5.41, 5.74) is 14.3. The van der Waals surface area contributed by atoms with Gasteiger partial charge in [-0.05, 0) is 46.2 Å². The third kappa shape index (κ3) is 10.4. The van der Waals surface area contributed by atoms with Gasteiger partial charge in [-0.25, -0.2) is 0 Å². The van der Waals surface area contributed by atoms with Gasteiger partial charge in [0.1, 0.15) is 0 Å². The van der Waals surface area contributed by atoms with E-state index in [2.05, 4.69) is 144 Å². The van der Waals surface area contributed by atoms with Gasteiger partial charge in [-0.3, -0.25) is 5.92 Å². The van der Waals surface area contributed by atoms with Crippen molar-refractivity contribution < 1.29 is 55.7 Å². The number of unbranched alkanes of at least 4 members (excludes halogenated alkanes) is 1. The van der Waals surface area contributed by atoms with Gasteiger partial charge in [0, 0.05) is 9.52 Å². The topological polar surface area (TPSA) is 0 Å². The van der Waals surface area contributed by atoms with Gasteiger partial charge >= 0.3 is 21.7 Å².